The summed E-state index contributed by atoms with van der Waals surface area (Å²) in [7, 11) is 0. The van der Waals surface area contributed by atoms with Gasteiger partial charge in [-0.3, -0.25) is 0 Å². The van der Waals surface area contributed by atoms with Crippen molar-refractivity contribution in [3.63, 3.8) is 0 Å². The van der Waals surface area contributed by atoms with Crippen molar-refractivity contribution >= 4 is 0 Å². The van der Waals surface area contributed by atoms with E-state index in [4.69, 9.17) is 0 Å². The first-order valence-electron chi connectivity index (χ1n) is 4.59. The minimum absolute atomic E-state index is 0.0153. The quantitative estimate of drug-likeness (QED) is 0.689. The summed E-state index contributed by atoms with van der Waals surface area (Å²) in [5.41, 5.74) is 0. The SMILES string of the molecule is CCN(C[C@H]1CCCN1)C(F)(F)F. The molecule has 0 aromatic heterocycles. The Balaban J connectivity index is 2.39. The van der Waals surface area contributed by atoms with Gasteiger partial charge in [0.25, 0.3) is 0 Å². The Morgan fingerprint density at radius 1 is 1.46 bits per heavy atom. The van der Waals surface area contributed by atoms with E-state index in [1.54, 1.807) is 0 Å². The van der Waals surface area contributed by atoms with Crippen molar-refractivity contribution in [2.24, 2.45) is 0 Å². The van der Waals surface area contributed by atoms with Gasteiger partial charge in [-0.05, 0) is 19.4 Å². The van der Waals surface area contributed by atoms with Crippen LogP contribution in [0.2, 0.25) is 0 Å². The van der Waals surface area contributed by atoms with Crippen LogP contribution >= 0.6 is 0 Å². The maximum Gasteiger partial charge on any atom is 0.459 e. The van der Waals surface area contributed by atoms with E-state index in [-0.39, 0.29) is 19.1 Å². The maximum absolute atomic E-state index is 12.3. The molecule has 0 aliphatic carbocycles. The zero-order valence-corrected chi connectivity index (χ0v) is 7.69. The molecule has 1 fully saturated rings. The largest absolute Gasteiger partial charge is 0.459 e. The molecule has 5 heteroatoms. The summed E-state index contributed by atoms with van der Waals surface area (Å²) in [6.45, 7) is 2.49. The Hall–Kier alpha value is -0.290. The Bertz CT molecular complexity index is 152. The van der Waals surface area contributed by atoms with E-state index in [0.717, 1.165) is 19.4 Å². The van der Waals surface area contributed by atoms with Crippen LogP contribution in [0.15, 0.2) is 0 Å². The van der Waals surface area contributed by atoms with Crippen LogP contribution in [-0.2, 0) is 0 Å². The van der Waals surface area contributed by atoms with Crippen LogP contribution in [0.5, 0.6) is 0 Å². The molecule has 0 aromatic carbocycles. The van der Waals surface area contributed by atoms with E-state index in [1.165, 1.54) is 6.92 Å². The zero-order chi connectivity index (χ0) is 9.90. The second-order valence-electron chi connectivity index (χ2n) is 3.30. The molecule has 1 aliphatic rings. The summed E-state index contributed by atoms with van der Waals surface area (Å²) in [6, 6.07) is 0.0153. The van der Waals surface area contributed by atoms with Gasteiger partial charge >= 0.3 is 6.30 Å². The number of hydrogen-bond acceptors (Lipinski definition) is 2. The lowest BCUT2D eigenvalue weighted by Crippen LogP contribution is -2.45. The number of rotatable bonds is 3. The third-order valence-corrected chi connectivity index (χ3v) is 2.34. The highest BCUT2D eigenvalue weighted by Crippen LogP contribution is 2.22. The van der Waals surface area contributed by atoms with Crippen molar-refractivity contribution < 1.29 is 13.2 Å². The molecule has 0 unspecified atom stereocenters. The van der Waals surface area contributed by atoms with Crippen LogP contribution in [0, 0.1) is 0 Å². The Labute approximate surface area is 76.1 Å². The topological polar surface area (TPSA) is 15.3 Å². The van der Waals surface area contributed by atoms with Gasteiger partial charge in [0.05, 0.1) is 0 Å². The lowest BCUT2D eigenvalue weighted by Gasteiger charge is -2.26. The van der Waals surface area contributed by atoms with Gasteiger partial charge in [0.2, 0.25) is 0 Å². The minimum Gasteiger partial charge on any atom is -0.313 e. The third-order valence-electron chi connectivity index (χ3n) is 2.34. The number of halogens is 3. The van der Waals surface area contributed by atoms with Gasteiger partial charge in [-0.25, -0.2) is 4.90 Å². The molecular weight excluding hydrogens is 181 g/mol. The van der Waals surface area contributed by atoms with Crippen LogP contribution in [0.1, 0.15) is 19.8 Å². The van der Waals surface area contributed by atoms with Crippen molar-refractivity contribution in [2.75, 3.05) is 19.6 Å². The molecule has 0 saturated carbocycles. The van der Waals surface area contributed by atoms with E-state index in [9.17, 15) is 13.2 Å². The summed E-state index contributed by atoms with van der Waals surface area (Å²) < 4.78 is 36.8. The molecule has 1 heterocycles. The van der Waals surface area contributed by atoms with Gasteiger partial charge in [0.1, 0.15) is 0 Å². The standard InChI is InChI=1S/C8H15F3N2/c1-2-13(8(9,10)11)6-7-4-3-5-12-7/h7,12H,2-6H2,1H3/t7-/m1/s1. The fourth-order valence-electron chi connectivity index (χ4n) is 1.59. The van der Waals surface area contributed by atoms with Gasteiger partial charge in [0, 0.05) is 19.1 Å². The first-order chi connectivity index (χ1) is 6.04. The summed E-state index contributed by atoms with van der Waals surface area (Å²) >= 11 is 0. The van der Waals surface area contributed by atoms with Gasteiger partial charge in [-0.2, -0.15) is 13.2 Å². The normalized spacial score (nSPS) is 24.2. The van der Waals surface area contributed by atoms with E-state index < -0.39 is 6.30 Å². The molecule has 2 nitrogen and oxygen atoms in total. The van der Waals surface area contributed by atoms with Gasteiger partial charge in [0.15, 0.2) is 0 Å². The van der Waals surface area contributed by atoms with Gasteiger partial charge < -0.3 is 5.32 Å². The van der Waals surface area contributed by atoms with Crippen LogP contribution in [0.3, 0.4) is 0 Å². The number of likely N-dealkylation sites (N-methyl/N-ethyl adjacent to an activating group) is 1. The first-order valence-corrected chi connectivity index (χ1v) is 4.59. The smallest absolute Gasteiger partial charge is 0.313 e. The molecule has 78 valence electrons. The van der Waals surface area contributed by atoms with E-state index in [2.05, 4.69) is 5.32 Å². The average molecular weight is 196 g/mol. The molecule has 0 amide bonds. The third kappa shape index (κ3) is 3.15. The molecule has 0 spiro atoms. The number of nitrogens with one attached hydrogen (secondary N) is 1. The minimum atomic E-state index is -4.18. The highest BCUT2D eigenvalue weighted by atomic mass is 19.4. The lowest BCUT2D eigenvalue weighted by atomic mass is 10.2. The van der Waals surface area contributed by atoms with Crippen LogP contribution in [-0.4, -0.2) is 36.9 Å². The summed E-state index contributed by atoms with van der Waals surface area (Å²) in [5.74, 6) is 0. The molecule has 1 aliphatic heterocycles. The fraction of sp³-hybridized carbons (Fsp3) is 1.00. The van der Waals surface area contributed by atoms with Crippen molar-refractivity contribution in [2.45, 2.75) is 32.1 Å². The summed E-state index contributed by atoms with van der Waals surface area (Å²) in [4.78, 5) is 0.552. The van der Waals surface area contributed by atoms with Gasteiger partial charge in [-0.15, -0.1) is 0 Å². The molecule has 1 saturated heterocycles. The van der Waals surface area contributed by atoms with Crippen LogP contribution in [0.25, 0.3) is 0 Å². The molecule has 0 aromatic rings. The second-order valence-corrected chi connectivity index (χ2v) is 3.30. The molecular formula is C8H15F3N2. The van der Waals surface area contributed by atoms with E-state index in [1.807, 2.05) is 0 Å². The number of hydrogen-bond donors (Lipinski definition) is 1. The predicted octanol–water partition coefficient (Wildman–Crippen LogP) is 1.58. The molecule has 1 rings (SSSR count). The monoisotopic (exact) mass is 196 g/mol. The van der Waals surface area contributed by atoms with Crippen LogP contribution in [0.4, 0.5) is 13.2 Å². The second kappa shape index (κ2) is 4.28. The average Bonchev–Trinajstić information content (AvgIpc) is 2.49. The Kier molecular flexibility index (Phi) is 3.55. The van der Waals surface area contributed by atoms with Crippen molar-refractivity contribution in [3.8, 4) is 0 Å². The summed E-state index contributed by atoms with van der Waals surface area (Å²) in [6.07, 6.45) is -2.34. The van der Waals surface area contributed by atoms with Crippen LogP contribution < -0.4 is 5.32 Å². The first kappa shape index (κ1) is 10.8. The maximum atomic E-state index is 12.3. The van der Waals surface area contributed by atoms with E-state index in [0.29, 0.717) is 4.90 Å². The molecule has 0 bridgehead atoms. The van der Waals surface area contributed by atoms with Crippen molar-refractivity contribution in [1.82, 2.24) is 10.2 Å². The van der Waals surface area contributed by atoms with Gasteiger partial charge in [-0.1, -0.05) is 6.92 Å². The fourth-order valence-corrected chi connectivity index (χ4v) is 1.59. The molecule has 1 atom stereocenters. The Morgan fingerprint density at radius 3 is 2.54 bits per heavy atom. The summed E-state index contributed by atoms with van der Waals surface area (Å²) in [5, 5.41) is 3.05. The highest BCUT2D eigenvalue weighted by molar-refractivity contribution is 4.78. The van der Waals surface area contributed by atoms with Crippen molar-refractivity contribution in [1.29, 1.82) is 0 Å². The molecule has 1 N–H and O–H groups in total. The van der Waals surface area contributed by atoms with E-state index >= 15 is 0 Å². The Morgan fingerprint density at radius 2 is 2.15 bits per heavy atom. The highest BCUT2D eigenvalue weighted by Gasteiger charge is 2.37. The number of nitrogens with zero attached hydrogens (tertiary/aromatic N) is 1. The molecule has 0 radical (unpaired) electrons. The lowest BCUT2D eigenvalue weighted by molar-refractivity contribution is -0.245. The predicted molar refractivity (Wildman–Crippen MR) is 44.3 cm³/mol. The zero-order valence-electron chi connectivity index (χ0n) is 7.69. The molecule has 13 heavy (non-hydrogen) atoms. The number of alkyl halides is 3. The van der Waals surface area contributed by atoms with Crippen molar-refractivity contribution in [3.05, 3.63) is 0 Å².